The first-order valence-electron chi connectivity index (χ1n) is 6.45. The molecule has 0 bridgehead atoms. The van der Waals surface area contributed by atoms with E-state index in [9.17, 15) is 18.4 Å². The number of amides is 3. The number of nitrogens with zero attached hydrogens (tertiary/aromatic N) is 2. The van der Waals surface area contributed by atoms with E-state index in [-0.39, 0.29) is 18.7 Å². The van der Waals surface area contributed by atoms with Crippen LogP contribution >= 0.6 is 0 Å². The second-order valence-electron chi connectivity index (χ2n) is 4.82. The van der Waals surface area contributed by atoms with Gasteiger partial charge in [-0.25, -0.2) is 4.79 Å². The van der Waals surface area contributed by atoms with Crippen molar-refractivity contribution in [2.45, 2.75) is 25.5 Å². The predicted octanol–water partition coefficient (Wildman–Crippen LogP) is 1.97. The fraction of sp³-hybridized carbons (Fsp3) is 0.357. The third-order valence-electron chi connectivity index (χ3n) is 3.38. The molecule has 0 aromatic heterocycles. The van der Waals surface area contributed by atoms with Crippen molar-refractivity contribution in [3.05, 3.63) is 29.8 Å². The van der Waals surface area contributed by atoms with E-state index in [0.717, 1.165) is 4.90 Å². The fourth-order valence-electron chi connectivity index (χ4n) is 2.23. The first-order valence-corrected chi connectivity index (χ1v) is 6.45. The molecule has 3 amide bonds. The molecule has 0 aliphatic carbocycles. The lowest BCUT2D eigenvalue weighted by Crippen LogP contribution is -2.40. The molecular weight excluding hydrogens is 296 g/mol. The highest BCUT2D eigenvalue weighted by Gasteiger charge is 2.48. The number of urea groups is 1. The van der Waals surface area contributed by atoms with Crippen LogP contribution in [0.3, 0.4) is 0 Å². The molecule has 1 heterocycles. The minimum atomic E-state index is -2.93. The van der Waals surface area contributed by atoms with Crippen LogP contribution in [0.2, 0.25) is 0 Å². The molecule has 1 aromatic rings. The second-order valence-corrected chi connectivity index (χ2v) is 4.82. The normalized spacial score (nSPS) is 21.0. The molecule has 1 saturated heterocycles. The van der Waals surface area contributed by atoms with Gasteiger partial charge in [0.25, 0.3) is 5.91 Å². The summed E-state index contributed by atoms with van der Waals surface area (Å²) in [6.07, 6.45) is 0.0381. The number of nitriles is 1. The Hall–Kier alpha value is -2.69. The molecule has 0 spiro atoms. The van der Waals surface area contributed by atoms with Crippen LogP contribution in [0.1, 0.15) is 18.9 Å². The summed E-state index contributed by atoms with van der Waals surface area (Å²) < 4.78 is 28.5. The smallest absolute Gasteiger partial charge is 0.387 e. The number of benzene rings is 1. The van der Waals surface area contributed by atoms with Gasteiger partial charge >= 0.3 is 12.6 Å². The molecule has 1 aromatic carbocycles. The molecule has 0 saturated carbocycles. The molecule has 6 nitrogen and oxygen atoms in total. The summed E-state index contributed by atoms with van der Waals surface area (Å²) in [5.41, 5.74) is -0.859. The first kappa shape index (κ1) is 15.7. The minimum Gasteiger partial charge on any atom is -0.435 e. The van der Waals surface area contributed by atoms with Crippen molar-refractivity contribution in [3.8, 4) is 11.8 Å². The monoisotopic (exact) mass is 309 g/mol. The molecular formula is C14H13F2N3O3. The number of alkyl halides is 2. The van der Waals surface area contributed by atoms with Crippen LogP contribution in [0, 0.1) is 11.3 Å². The van der Waals surface area contributed by atoms with Crippen molar-refractivity contribution in [1.82, 2.24) is 10.2 Å². The van der Waals surface area contributed by atoms with Gasteiger partial charge in [0.2, 0.25) is 0 Å². The lowest BCUT2D eigenvalue weighted by molar-refractivity contribution is -0.131. The van der Waals surface area contributed by atoms with E-state index in [4.69, 9.17) is 5.26 Å². The van der Waals surface area contributed by atoms with Crippen LogP contribution in [0.5, 0.6) is 5.75 Å². The Morgan fingerprint density at radius 2 is 2.00 bits per heavy atom. The van der Waals surface area contributed by atoms with Crippen molar-refractivity contribution >= 4 is 11.9 Å². The number of halogens is 2. The van der Waals surface area contributed by atoms with Crippen molar-refractivity contribution in [2.24, 2.45) is 0 Å². The van der Waals surface area contributed by atoms with E-state index in [2.05, 4.69) is 10.1 Å². The molecule has 1 fully saturated rings. The van der Waals surface area contributed by atoms with Gasteiger partial charge in [0.05, 0.1) is 12.5 Å². The molecule has 8 heteroatoms. The maximum absolute atomic E-state index is 12.4. The molecule has 22 heavy (non-hydrogen) atoms. The summed E-state index contributed by atoms with van der Waals surface area (Å²) in [4.78, 5) is 25.2. The SMILES string of the molecule is CC1(c2ccc(OC(F)F)cc2)NC(=O)N(CCC#N)C1=O. The highest BCUT2D eigenvalue weighted by molar-refractivity contribution is 6.07. The number of ether oxygens (including phenoxy) is 1. The molecule has 0 radical (unpaired) electrons. The van der Waals surface area contributed by atoms with Gasteiger partial charge in [-0.2, -0.15) is 14.0 Å². The Kier molecular flexibility index (Phi) is 4.26. The summed E-state index contributed by atoms with van der Waals surface area (Å²) in [6, 6.07) is 6.74. The van der Waals surface area contributed by atoms with Gasteiger partial charge in [-0.15, -0.1) is 0 Å². The Labute approximate surface area is 125 Å². The topological polar surface area (TPSA) is 82.4 Å². The lowest BCUT2D eigenvalue weighted by atomic mass is 9.92. The number of imide groups is 1. The van der Waals surface area contributed by atoms with Gasteiger partial charge in [0, 0.05) is 6.54 Å². The van der Waals surface area contributed by atoms with E-state index >= 15 is 0 Å². The summed E-state index contributed by atoms with van der Waals surface area (Å²) in [7, 11) is 0. The van der Waals surface area contributed by atoms with Gasteiger partial charge in [0.15, 0.2) is 0 Å². The van der Waals surface area contributed by atoms with Crippen LogP contribution in [-0.2, 0) is 10.3 Å². The third kappa shape index (κ3) is 2.83. The van der Waals surface area contributed by atoms with Crippen molar-refractivity contribution in [1.29, 1.82) is 5.26 Å². The van der Waals surface area contributed by atoms with Gasteiger partial charge < -0.3 is 10.1 Å². The van der Waals surface area contributed by atoms with Crippen molar-refractivity contribution in [2.75, 3.05) is 6.54 Å². The quantitative estimate of drug-likeness (QED) is 0.843. The Bertz CT molecular complexity index is 627. The fourth-order valence-corrected chi connectivity index (χ4v) is 2.23. The van der Waals surface area contributed by atoms with E-state index < -0.39 is 24.1 Å². The minimum absolute atomic E-state index is 0.00331. The van der Waals surface area contributed by atoms with E-state index in [1.165, 1.54) is 31.2 Å². The summed E-state index contributed by atoms with van der Waals surface area (Å²) in [5.74, 6) is -0.532. The van der Waals surface area contributed by atoms with Crippen LogP contribution in [0.25, 0.3) is 0 Å². The van der Waals surface area contributed by atoms with Crippen LogP contribution in [0.15, 0.2) is 24.3 Å². The highest BCUT2D eigenvalue weighted by Crippen LogP contribution is 2.30. The predicted molar refractivity (Wildman–Crippen MR) is 70.9 cm³/mol. The molecule has 1 unspecified atom stereocenters. The van der Waals surface area contributed by atoms with Gasteiger partial charge in [-0.1, -0.05) is 12.1 Å². The Morgan fingerprint density at radius 3 is 2.55 bits per heavy atom. The van der Waals surface area contributed by atoms with Crippen molar-refractivity contribution in [3.63, 3.8) is 0 Å². The maximum atomic E-state index is 12.4. The van der Waals surface area contributed by atoms with Crippen LogP contribution < -0.4 is 10.1 Å². The van der Waals surface area contributed by atoms with Gasteiger partial charge in [-0.3, -0.25) is 9.69 Å². The van der Waals surface area contributed by atoms with E-state index in [0.29, 0.717) is 5.56 Å². The summed E-state index contributed by atoms with van der Waals surface area (Å²) >= 11 is 0. The summed E-state index contributed by atoms with van der Waals surface area (Å²) in [5, 5.41) is 11.1. The maximum Gasteiger partial charge on any atom is 0.387 e. The third-order valence-corrected chi connectivity index (χ3v) is 3.38. The standard InChI is InChI=1S/C14H13F2N3O3/c1-14(9-3-5-10(6-4-9)22-12(15)16)11(20)19(8-2-7-17)13(21)18-14/h3-6,12H,2,8H2,1H3,(H,18,21). The van der Waals surface area contributed by atoms with Crippen LogP contribution in [0.4, 0.5) is 13.6 Å². The summed E-state index contributed by atoms with van der Waals surface area (Å²) in [6.45, 7) is -1.41. The molecule has 2 rings (SSSR count). The van der Waals surface area contributed by atoms with Gasteiger partial charge in [-0.05, 0) is 24.6 Å². The average molecular weight is 309 g/mol. The highest BCUT2D eigenvalue weighted by atomic mass is 19.3. The number of nitrogens with one attached hydrogen (secondary N) is 1. The number of rotatable bonds is 5. The number of hydrogen-bond acceptors (Lipinski definition) is 4. The Morgan fingerprint density at radius 1 is 1.36 bits per heavy atom. The van der Waals surface area contributed by atoms with Gasteiger partial charge in [0.1, 0.15) is 11.3 Å². The molecule has 1 atom stereocenters. The average Bonchev–Trinajstić information content (AvgIpc) is 2.68. The number of hydrogen-bond donors (Lipinski definition) is 1. The zero-order valence-corrected chi connectivity index (χ0v) is 11.7. The van der Waals surface area contributed by atoms with Crippen LogP contribution in [-0.4, -0.2) is 30.0 Å². The number of carbonyl (C=O) groups excluding carboxylic acids is 2. The van der Waals surface area contributed by atoms with E-state index in [1.807, 2.05) is 6.07 Å². The second kappa shape index (κ2) is 5.97. The largest absolute Gasteiger partial charge is 0.435 e. The van der Waals surface area contributed by atoms with E-state index in [1.54, 1.807) is 0 Å². The molecule has 1 N–H and O–H groups in total. The molecule has 1 aliphatic heterocycles. The lowest BCUT2D eigenvalue weighted by Gasteiger charge is -2.22. The molecule has 116 valence electrons. The number of carbonyl (C=O) groups is 2. The zero-order valence-electron chi connectivity index (χ0n) is 11.7. The van der Waals surface area contributed by atoms with Crippen molar-refractivity contribution < 1.29 is 23.1 Å². The molecule has 1 aliphatic rings. The zero-order chi connectivity index (χ0) is 16.3. The first-order chi connectivity index (χ1) is 10.4. The Balaban J connectivity index is 2.22.